The fraction of sp³-hybridized carbons (Fsp3) is 0.240. The molecular weight excluding hydrogens is 487 g/mol. The van der Waals surface area contributed by atoms with Crippen LogP contribution in [-0.4, -0.2) is 56.4 Å². The maximum absolute atomic E-state index is 13.9. The lowest BCUT2D eigenvalue weighted by Crippen LogP contribution is -2.40. The van der Waals surface area contributed by atoms with Crippen molar-refractivity contribution in [3.05, 3.63) is 60.0 Å². The van der Waals surface area contributed by atoms with E-state index in [0.717, 1.165) is 5.56 Å². The Kier molecular flexibility index (Phi) is 6.54. The van der Waals surface area contributed by atoms with Gasteiger partial charge >= 0.3 is 12.2 Å². The van der Waals surface area contributed by atoms with E-state index >= 15 is 0 Å². The smallest absolute Gasteiger partial charge is 0.483 e. The van der Waals surface area contributed by atoms with E-state index in [4.69, 9.17) is 23.7 Å². The van der Waals surface area contributed by atoms with Crippen LogP contribution in [0, 0.1) is 12.7 Å². The zero-order chi connectivity index (χ0) is 25.9. The highest BCUT2D eigenvalue weighted by molar-refractivity contribution is 5.78. The Bertz CT molecular complexity index is 1470. The first-order chi connectivity index (χ1) is 17.9. The molecule has 1 aliphatic heterocycles. The van der Waals surface area contributed by atoms with Crippen LogP contribution in [-0.2, 0) is 9.53 Å². The lowest BCUT2D eigenvalue weighted by Gasteiger charge is -2.23. The van der Waals surface area contributed by atoms with Gasteiger partial charge in [-0.1, -0.05) is 12.1 Å². The van der Waals surface area contributed by atoms with Gasteiger partial charge in [0.1, 0.15) is 11.3 Å². The van der Waals surface area contributed by atoms with Crippen molar-refractivity contribution in [2.45, 2.75) is 26.0 Å². The van der Waals surface area contributed by atoms with E-state index in [0.29, 0.717) is 36.2 Å². The molecule has 1 fully saturated rings. The molecule has 2 aromatic heterocycles. The van der Waals surface area contributed by atoms with Crippen LogP contribution < -0.4 is 9.47 Å². The molecule has 0 unspecified atom stereocenters. The third-order valence-corrected chi connectivity index (χ3v) is 5.69. The Morgan fingerprint density at radius 1 is 1.19 bits per heavy atom. The van der Waals surface area contributed by atoms with Gasteiger partial charge in [0.25, 0.3) is 11.6 Å². The van der Waals surface area contributed by atoms with Gasteiger partial charge < -0.3 is 28.6 Å². The minimum Gasteiger partial charge on any atom is -0.483 e. The van der Waals surface area contributed by atoms with Crippen molar-refractivity contribution in [1.29, 1.82) is 0 Å². The molecule has 1 saturated heterocycles. The molecule has 12 heteroatoms. The van der Waals surface area contributed by atoms with Gasteiger partial charge in [-0.05, 0) is 49.2 Å². The molecule has 0 aliphatic carbocycles. The molecule has 1 atom stereocenters. The number of carbonyl (C=O) groups excluding carboxylic acids is 1. The molecule has 0 bridgehead atoms. The van der Waals surface area contributed by atoms with Crippen LogP contribution in [0.3, 0.4) is 0 Å². The highest BCUT2D eigenvalue weighted by Gasteiger charge is 2.32. The lowest BCUT2D eigenvalue weighted by atomic mass is 10.1. The highest BCUT2D eigenvalue weighted by Crippen LogP contribution is 2.29. The minimum atomic E-state index is -1.42. The molecule has 37 heavy (non-hydrogen) atoms. The van der Waals surface area contributed by atoms with Gasteiger partial charge in [-0.3, -0.25) is 4.79 Å². The van der Waals surface area contributed by atoms with Crippen molar-refractivity contribution >= 4 is 23.3 Å². The molecule has 0 radical (unpaired) electrons. The quantitative estimate of drug-likeness (QED) is 0.354. The van der Waals surface area contributed by atoms with Crippen LogP contribution in [0.1, 0.15) is 18.4 Å². The van der Waals surface area contributed by atoms with Crippen molar-refractivity contribution < 1.29 is 37.7 Å². The number of ether oxygens (including phenoxy) is 3. The predicted molar refractivity (Wildman–Crippen MR) is 126 cm³/mol. The van der Waals surface area contributed by atoms with Gasteiger partial charge in [-0.2, -0.15) is 4.98 Å². The maximum Gasteiger partial charge on any atom is 0.507 e. The summed E-state index contributed by atoms with van der Waals surface area (Å²) in [7, 11) is 0. The van der Waals surface area contributed by atoms with Crippen LogP contribution in [0.15, 0.2) is 53.1 Å². The minimum absolute atomic E-state index is 0.0130. The summed E-state index contributed by atoms with van der Waals surface area (Å²) >= 11 is 0. The summed E-state index contributed by atoms with van der Waals surface area (Å²) in [6, 6.07) is 11.0. The molecule has 0 saturated carbocycles. The van der Waals surface area contributed by atoms with Crippen molar-refractivity contribution in [3.8, 4) is 29.0 Å². The largest absolute Gasteiger partial charge is 0.507 e. The number of aromatic nitrogens is 3. The zero-order valence-electron chi connectivity index (χ0n) is 19.6. The van der Waals surface area contributed by atoms with Crippen LogP contribution in [0.4, 0.5) is 9.18 Å². The lowest BCUT2D eigenvalue weighted by molar-refractivity contribution is -0.141. The second-order valence-electron chi connectivity index (χ2n) is 8.23. The number of benzene rings is 2. The third-order valence-electron chi connectivity index (χ3n) is 5.69. The van der Waals surface area contributed by atoms with E-state index in [1.165, 1.54) is 23.2 Å². The van der Waals surface area contributed by atoms with E-state index in [1.807, 2.05) is 0 Å². The van der Waals surface area contributed by atoms with Crippen molar-refractivity contribution in [2.24, 2.45) is 0 Å². The average Bonchev–Trinajstić information content (AvgIpc) is 3.51. The molecule has 3 heterocycles. The van der Waals surface area contributed by atoms with Crippen molar-refractivity contribution in [3.63, 3.8) is 0 Å². The van der Waals surface area contributed by atoms with Crippen LogP contribution in [0.5, 0.6) is 17.5 Å². The molecule has 5 rings (SSSR count). The molecule has 1 N–H and O–H groups in total. The summed E-state index contributed by atoms with van der Waals surface area (Å²) in [6.07, 6.45) is 0.315. The van der Waals surface area contributed by atoms with E-state index in [1.54, 1.807) is 37.3 Å². The van der Waals surface area contributed by atoms with Gasteiger partial charge in [-0.15, -0.1) is 0 Å². The van der Waals surface area contributed by atoms with Crippen molar-refractivity contribution in [1.82, 2.24) is 19.9 Å². The van der Waals surface area contributed by atoms with Gasteiger partial charge in [0, 0.05) is 18.5 Å². The molecule has 1 aliphatic rings. The van der Waals surface area contributed by atoms with Crippen LogP contribution in [0.25, 0.3) is 22.7 Å². The Labute approximate surface area is 209 Å². The van der Waals surface area contributed by atoms with Gasteiger partial charge in [0.05, 0.1) is 6.20 Å². The fourth-order valence-electron chi connectivity index (χ4n) is 3.95. The maximum atomic E-state index is 13.9. The molecular formula is C25H21FN4O7. The number of hydrogen-bond donors (Lipinski definition) is 1. The zero-order valence-corrected chi connectivity index (χ0v) is 19.6. The molecule has 190 valence electrons. The summed E-state index contributed by atoms with van der Waals surface area (Å²) in [5, 5.41) is 8.84. The fourth-order valence-corrected chi connectivity index (χ4v) is 3.95. The van der Waals surface area contributed by atoms with Gasteiger partial charge in [-0.25, -0.2) is 19.2 Å². The number of carbonyl (C=O) groups is 2. The van der Waals surface area contributed by atoms with E-state index in [9.17, 15) is 14.0 Å². The molecule has 1 amide bonds. The highest BCUT2D eigenvalue weighted by atomic mass is 19.1. The first kappa shape index (κ1) is 24.0. The number of para-hydroxylation sites is 1. The van der Waals surface area contributed by atoms with Crippen LogP contribution >= 0.6 is 0 Å². The second-order valence-corrected chi connectivity index (χ2v) is 8.23. The summed E-state index contributed by atoms with van der Waals surface area (Å²) in [5.41, 5.74) is 1.93. The summed E-state index contributed by atoms with van der Waals surface area (Å²) in [6.45, 7) is 1.95. The number of carboxylic acid groups (broad SMARTS) is 1. The predicted octanol–water partition coefficient (Wildman–Crippen LogP) is 4.55. The number of nitrogens with zero attached hydrogens (tertiary/aromatic N) is 4. The number of fused-ring (bicyclic) bond motifs is 1. The Hall–Kier alpha value is -4.74. The van der Waals surface area contributed by atoms with E-state index < -0.39 is 18.2 Å². The van der Waals surface area contributed by atoms with E-state index in [-0.39, 0.29) is 35.9 Å². The number of rotatable bonds is 7. The van der Waals surface area contributed by atoms with E-state index in [2.05, 4.69) is 15.0 Å². The standard InChI is InChI=1S/C25H21FN4O7/c1-14-11-15(8-9-18(14)34-13-20(31)30-10-4-7-21(30)36-25(32)33)22-28-17-12-27-24(29-23(17)37-22)35-19-6-3-2-5-16(19)26/h2-3,5-6,8-9,11-12,21H,4,7,10,13H2,1H3,(H,32,33)/t21-/m0/s1. The first-order valence-electron chi connectivity index (χ1n) is 11.4. The number of halogens is 1. The van der Waals surface area contributed by atoms with Gasteiger partial charge in [0.15, 0.2) is 24.4 Å². The molecule has 11 nitrogen and oxygen atoms in total. The topological polar surface area (TPSA) is 137 Å². The Morgan fingerprint density at radius 2 is 2.03 bits per heavy atom. The molecule has 2 aromatic carbocycles. The molecule has 4 aromatic rings. The number of amides is 1. The first-order valence-corrected chi connectivity index (χ1v) is 11.4. The number of likely N-dealkylation sites (tertiary alicyclic amines) is 1. The number of aryl methyl sites for hydroxylation is 1. The summed E-state index contributed by atoms with van der Waals surface area (Å²) in [4.78, 5) is 37.3. The van der Waals surface area contributed by atoms with Crippen LogP contribution in [0.2, 0.25) is 0 Å². The summed E-state index contributed by atoms with van der Waals surface area (Å²) in [5.74, 6) is -0.163. The third kappa shape index (κ3) is 5.27. The number of oxazole rings is 1. The van der Waals surface area contributed by atoms with Crippen molar-refractivity contribution in [2.75, 3.05) is 13.2 Å². The Morgan fingerprint density at radius 3 is 2.81 bits per heavy atom. The Balaban J connectivity index is 1.27. The normalized spacial score (nSPS) is 15.1. The SMILES string of the molecule is Cc1cc(-c2nc3cnc(Oc4ccccc4F)nc3o2)ccc1OCC(=O)N1CCC[C@@H]1OC(=O)O. The summed E-state index contributed by atoms with van der Waals surface area (Å²) < 4.78 is 35.5. The monoisotopic (exact) mass is 508 g/mol. The number of hydrogen-bond acceptors (Lipinski definition) is 9. The second kappa shape index (κ2) is 10.1. The average molecular weight is 508 g/mol. The van der Waals surface area contributed by atoms with Gasteiger partial charge in [0.2, 0.25) is 5.89 Å². The molecule has 0 spiro atoms.